The lowest BCUT2D eigenvalue weighted by atomic mass is 9.92. The maximum atomic E-state index is 11.2. The van der Waals surface area contributed by atoms with Gasteiger partial charge in [0.15, 0.2) is 0 Å². The molecule has 0 aromatic heterocycles. The average Bonchev–Trinajstić information content (AvgIpc) is 2.61. The zero-order chi connectivity index (χ0) is 11.7. The second-order valence-electron chi connectivity index (χ2n) is 3.75. The fourth-order valence-electron chi connectivity index (χ4n) is 1.90. The second kappa shape index (κ2) is 4.25. The molecule has 0 radical (unpaired) electrons. The third kappa shape index (κ3) is 2.09. The van der Waals surface area contributed by atoms with Crippen molar-refractivity contribution in [2.45, 2.75) is 18.4 Å². The zero-order valence-corrected chi connectivity index (χ0v) is 9.90. The Balaban J connectivity index is 2.28. The third-order valence-electron chi connectivity index (χ3n) is 2.69. The number of carbonyl (C=O) groups excluding carboxylic acids is 1. The molecule has 1 saturated heterocycles. The molecule has 0 saturated carbocycles. The highest BCUT2D eigenvalue weighted by atomic mass is 79.9. The Morgan fingerprint density at radius 3 is 2.56 bits per heavy atom. The molecule has 84 valence electrons. The first-order chi connectivity index (χ1) is 7.58. The lowest BCUT2D eigenvalue weighted by Crippen LogP contribution is -2.35. The molecule has 0 spiro atoms. The Morgan fingerprint density at radius 1 is 1.38 bits per heavy atom. The van der Waals surface area contributed by atoms with E-state index in [1.165, 1.54) is 0 Å². The van der Waals surface area contributed by atoms with Gasteiger partial charge in [-0.1, -0.05) is 28.1 Å². The number of carboxylic acids is 1. The van der Waals surface area contributed by atoms with E-state index in [1.807, 2.05) is 24.3 Å². The molecule has 1 aliphatic rings. The van der Waals surface area contributed by atoms with E-state index in [0.29, 0.717) is 0 Å². The summed E-state index contributed by atoms with van der Waals surface area (Å²) in [5, 5.41) is 11.5. The molecule has 1 heterocycles. The van der Waals surface area contributed by atoms with Gasteiger partial charge < -0.3 is 10.4 Å². The number of amides is 1. The number of benzene rings is 1. The number of hydrogen-bond donors (Lipinski definition) is 2. The molecular weight excluding hydrogens is 274 g/mol. The molecular formula is C11H10BrNO3. The van der Waals surface area contributed by atoms with E-state index in [0.717, 1.165) is 10.0 Å². The highest BCUT2D eigenvalue weighted by Gasteiger charge is 2.38. The van der Waals surface area contributed by atoms with Crippen molar-refractivity contribution in [3.63, 3.8) is 0 Å². The molecule has 5 heteroatoms. The quantitative estimate of drug-likeness (QED) is 0.865. The number of rotatable bonds is 2. The fourth-order valence-corrected chi connectivity index (χ4v) is 2.17. The van der Waals surface area contributed by atoms with Crippen LogP contribution in [0, 0.1) is 0 Å². The summed E-state index contributed by atoms with van der Waals surface area (Å²) in [6, 6.07) is 6.55. The summed E-state index contributed by atoms with van der Waals surface area (Å²) in [4.78, 5) is 22.2. The monoisotopic (exact) mass is 283 g/mol. The van der Waals surface area contributed by atoms with Gasteiger partial charge in [-0.05, 0) is 17.7 Å². The minimum absolute atomic E-state index is 0.208. The van der Waals surface area contributed by atoms with E-state index in [1.54, 1.807) is 0 Å². The van der Waals surface area contributed by atoms with E-state index in [2.05, 4.69) is 21.2 Å². The molecule has 2 N–H and O–H groups in total. The van der Waals surface area contributed by atoms with Crippen molar-refractivity contribution in [1.29, 1.82) is 0 Å². The maximum Gasteiger partial charge on any atom is 0.326 e. The van der Waals surface area contributed by atoms with Crippen molar-refractivity contribution in [3.8, 4) is 0 Å². The van der Waals surface area contributed by atoms with Crippen molar-refractivity contribution in [2.75, 3.05) is 0 Å². The summed E-state index contributed by atoms with van der Waals surface area (Å²) in [5.41, 5.74) is 0.869. The standard InChI is InChI=1S/C11H10BrNO3/c12-7-3-1-6(2-4-7)8-5-9(14)13-10(8)11(15)16/h1-4,8,10H,5H2,(H,13,14)(H,15,16)/t8-,10+/m1/s1. The van der Waals surface area contributed by atoms with Crippen LogP contribution >= 0.6 is 15.9 Å². The highest BCUT2D eigenvalue weighted by Crippen LogP contribution is 2.29. The highest BCUT2D eigenvalue weighted by molar-refractivity contribution is 9.10. The molecule has 0 aliphatic carbocycles. The number of halogens is 1. The van der Waals surface area contributed by atoms with E-state index in [4.69, 9.17) is 5.11 Å². The first-order valence-electron chi connectivity index (χ1n) is 4.85. The fraction of sp³-hybridized carbons (Fsp3) is 0.273. The number of carbonyl (C=O) groups is 2. The second-order valence-corrected chi connectivity index (χ2v) is 4.66. The molecule has 2 atom stereocenters. The molecule has 1 amide bonds. The molecule has 16 heavy (non-hydrogen) atoms. The normalized spacial score (nSPS) is 24.2. The number of aliphatic carboxylic acids is 1. The van der Waals surface area contributed by atoms with Crippen LogP contribution < -0.4 is 5.32 Å². The van der Waals surface area contributed by atoms with Crippen LogP contribution in [0.4, 0.5) is 0 Å². The van der Waals surface area contributed by atoms with Gasteiger partial charge >= 0.3 is 5.97 Å². The van der Waals surface area contributed by atoms with Crippen LogP contribution in [0.1, 0.15) is 17.9 Å². The predicted octanol–water partition coefficient (Wildman–Crippen LogP) is 1.51. The van der Waals surface area contributed by atoms with Crippen LogP contribution in [-0.4, -0.2) is 23.0 Å². The van der Waals surface area contributed by atoms with Gasteiger partial charge in [-0.3, -0.25) is 4.79 Å². The van der Waals surface area contributed by atoms with Crippen LogP contribution in [0.25, 0.3) is 0 Å². The number of nitrogens with one attached hydrogen (secondary N) is 1. The van der Waals surface area contributed by atoms with Crippen LogP contribution in [0.5, 0.6) is 0 Å². The molecule has 0 unspecified atom stereocenters. The van der Waals surface area contributed by atoms with Crippen molar-refractivity contribution >= 4 is 27.8 Å². The average molecular weight is 284 g/mol. The van der Waals surface area contributed by atoms with Crippen LogP contribution in [0.2, 0.25) is 0 Å². The lowest BCUT2D eigenvalue weighted by molar-refractivity contribution is -0.140. The predicted molar refractivity (Wildman–Crippen MR) is 61.1 cm³/mol. The van der Waals surface area contributed by atoms with Gasteiger partial charge in [-0.15, -0.1) is 0 Å². The molecule has 1 aromatic carbocycles. The van der Waals surface area contributed by atoms with Crippen molar-refractivity contribution in [1.82, 2.24) is 5.32 Å². The van der Waals surface area contributed by atoms with Gasteiger partial charge in [-0.25, -0.2) is 4.79 Å². The van der Waals surface area contributed by atoms with Crippen LogP contribution in [-0.2, 0) is 9.59 Å². The topological polar surface area (TPSA) is 66.4 Å². The number of hydrogen-bond acceptors (Lipinski definition) is 2. The summed E-state index contributed by atoms with van der Waals surface area (Å²) in [6.45, 7) is 0. The SMILES string of the molecule is O=C1C[C@H](c2ccc(Br)cc2)[C@@H](C(=O)O)N1. The molecule has 4 nitrogen and oxygen atoms in total. The molecule has 1 aliphatic heterocycles. The molecule has 2 rings (SSSR count). The van der Waals surface area contributed by atoms with E-state index in [9.17, 15) is 9.59 Å². The van der Waals surface area contributed by atoms with E-state index in [-0.39, 0.29) is 18.2 Å². The Kier molecular flexibility index (Phi) is 2.96. The summed E-state index contributed by atoms with van der Waals surface area (Å²) in [5.74, 6) is -1.47. The van der Waals surface area contributed by atoms with Gasteiger partial charge in [0.25, 0.3) is 0 Å². The largest absolute Gasteiger partial charge is 0.480 e. The van der Waals surface area contributed by atoms with Gasteiger partial charge in [0.1, 0.15) is 6.04 Å². The molecule has 0 bridgehead atoms. The summed E-state index contributed by atoms with van der Waals surface area (Å²) < 4.78 is 0.931. The first-order valence-corrected chi connectivity index (χ1v) is 5.65. The van der Waals surface area contributed by atoms with Gasteiger partial charge in [-0.2, -0.15) is 0 Å². The van der Waals surface area contributed by atoms with Crippen LogP contribution in [0.3, 0.4) is 0 Å². The van der Waals surface area contributed by atoms with Gasteiger partial charge in [0.05, 0.1) is 0 Å². The third-order valence-corrected chi connectivity index (χ3v) is 3.22. The lowest BCUT2D eigenvalue weighted by Gasteiger charge is -2.14. The van der Waals surface area contributed by atoms with Crippen molar-refractivity contribution < 1.29 is 14.7 Å². The Bertz CT molecular complexity index is 429. The Hall–Kier alpha value is -1.36. The van der Waals surface area contributed by atoms with Gasteiger partial charge in [0, 0.05) is 16.8 Å². The van der Waals surface area contributed by atoms with Crippen molar-refractivity contribution in [3.05, 3.63) is 34.3 Å². The molecule has 1 aromatic rings. The molecule has 1 fully saturated rings. The minimum Gasteiger partial charge on any atom is -0.480 e. The summed E-state index contributed by atoms with van der Waals surface area (Å²) in [6.07, 6.45) is 0.235. The maximum absolute atomic E-state index is 11.2. The summed E-state index contributed by atoms with van der Waals surface area (Å²) >= 11 is 3.31. The Morgan fingerprint density at radius 2 is 2.00 bits per heavy atom. The van der Waals surface area contributed by atoms with E-state index >= 15 is 0 Å². The van der Waals surface area contributed by atoms with E-state index < -0.39 is 12.0 Å². The zero-order valence-electron chi connectivity index (χ0n) is 8.31. The smallest absolute Gasteiger partial charge is 0.326 e. The number of carboxylic acid groups (broad SMARTS) is 1. The summed E-state index contributed by atoms with van der Waals surface area (Å²) in [7, 11) is 0. The van der Waals surface area contributed by atoms with Crippen molar-refractivity contribution in [2.24, 2.45) is 0 Å². The first kappa shape index (κ1) is 11.1. The van der Waals surface area contributed by atoms with Crippen LogP contribution in [0.15, 0.2) is 28.7 Å². The van der Waals surface area contributed by atoms with Gasteiger partial charge in [0.2, 0.25) is 5.91 Å². The minimum atomic E-state index is -0.987. The Labute approximate surface area is 101 Å².